The van der Waals surface area contributed by atoms with Crippen LogP contribution < -0.4 is 10.1 Å². The largest absolute Gasteiger partial charge is 0.488 e. The van der Waals surface area contributed by atoms with Gasteiger partial charge in [0.2, 0.25) is 0 Å². The van der Waals surface area contributed by atoms with Crippen molar-refractivity contribution < 1.29 is 19.1 Å². The SMILES string of the molecule is COC(=O)C(Cc1ccc(-c2ccccc2)cc1)NC(=O)c1cc(Br)ccc1OCc1ccc(Br)cc1. The highest BCUT2D eigenvalue weighted by molar-refractivity contribution is 9.10. The number of carbonyl (C=O) groups is 2. The molecule has 4 aromatic carbocycles. The van der Waals surface area contributed by atoms with Gasteiger partial charge in [-0.05, 0) is 52.6 Å². The third kappa shape index (κ3) is 7.31. The highest BCUT2D eigenvalue weighted by Crippen LogP contribution is 2.25. The number of halogens is 2. The number of amides is 1. The average molecular weight is 623 g/mol. The van der Waals surface area contributed by atoms with E-state index in [0.29, 0.717) is 17.9 Å². The summed E-state index contributed by atoms with van der Waals surface area (Å²) in [7, 11) is 1.31. The molecule has 1 N–H and O–H groups in total. The van der Waals surface area contributed by atoms with Crippen LogP contribution in [0.15, 0.2) is 106 Å². The van der Waals surface area contributed by atoms with Gasteiger partial charge in [0, 0.05) is 15.4 Å². The summed E-state index contributed by atoms with van der Waals surface area (Å²) in [6.07, 6.45) is 0.288. The molecule has 5 nitrogen and oxygen atoms in total. The summed E-state index contributed by atoms with van der Waals surface area (Å²) in [6, 6.07) is 30.1. The molecule has 0 radical (unpaired) electrons. The number of benzene rings is 4. The molecular weight excluding hydrogens is 598 g/mol. The van der Waals surface area contributed by atoms with Crippen molar-refractivity contribution in [3.63, 3.8) is 0 Å². The maximum atomic E-state index is 13.3. The van der Waals surface area contributed by atoms with Gasteiger partial charge in [0.15, 0.2) is 0 Å². The molecule has 1 unspecified atom stereocenters. The Bertz CT molecular complexity index is 1360. The zero-order valence-electron chi connectivity index (χ0n) is 20.1. The lowest BCUT2D eigenvalue weighted by Crippen LogP contribution is -2.43. The molecule has 1 atom stereocenters. The van der Waals surface area contributed by atoms with Crippen LogP contribution in [0.3, 0.4) is 0 Å². The van der Waals surface area contributed by atoms with Gasteiger partial charge < -0.3 is 14.8 Å². The van der Waals surface area contributed by atoms with Crippen LogP contribution in [-0.4, -0.2) is 25.0 Å². The maximum absolute atomic E-state index is 13.3. The molecule has 0 aliphatic carbocycles. The first-order chi connectivity index (χ1) is 17.9. The van der Waals surface area contributed by atoms with Crippen LogP contribution in [0.5, 0.6) is 5.75 Å². The number of esters is 1. The van der Waals surface area contributed by atoms with Crippen molar-refractivity contribution in [2.75, 3.05) is 7.11 Å². The number of hydrogen-bond donors (Lipinski definition) is 1. The molecule has 1 amide bonds. The predicted molar refractivity (Wildman–Crippen MR) is 151 cm³/mol. The van der Waals surface area contributed by atoms with Gasteiger partial charge in [-0.1, -0.05) is 98.6 Å². The van der Waals surface area contributed by atoms with Crippen molar-refractivity contribution in [1.29, 1.82) is 0 Å². The fraction of sp³-hybridized carbons (Fsp3) is 0.133. The molecule has 0 saturated carbocycles. The van der Waals surface area contributed by atoms with Crippen molar-refractivity contribution in [1.82, 2.24) is 5.32 Å². The molecule has 0 saturated heterocycles. The van der Waals surface area contributed by atoms with Crippen LogP contribution in [0.4, 0.5) is 0 Å². The van der Waals surface area contributed by atoms with E-state index in [4.69, 9.17) is 9.47 Å². The molecule has 0 heterocycles. The summed E-state index contributed by atoms with van der Waals surface area (Å²) in [5.74, 6) is -0.532. The van der Waals surface area contributed by atoms with Gasteiger partial charge in [0.05, 0.1) is 12.7 Å². The predicted octanol–water partition coefficient (Wildman–Crippen LogP) is 6.97. The van der Waals surface area contributed by atoms with Crippen LogP contribution in [0.1, 0.15) is 21.5 Å². The third-order valence-corrected chi connectivity index (χ3v) is 6.81. The Hall–Kier alpha value is -3.42. The number of carbonyl (C=O) groups excluding carboxylic acids is 2. The second-order valence-electron chi connectivity index (χ2n) is 8.37. The molecule has 0 fully saturated rings. The van der Waals surface area contributed by atoms with E-state index in [2.05, 4.69) is 37.2 Å². The smallest absolute Gasteiger partial charge is 0.328 e. The van der Waals surface area contributed by atoms with Crippen molar-refractivity contribution in [3.8, 4) is 16.9 Å². The number of ether oxygens (including phenoxy) is 2. The van der Waals surface area contributed by atoms with Gasteiger partial charge in [-0.25, -0.2) is 4.79 Å². The molecular formula is C30H25Br2NO4. The summed E-state index contributed by atoms with van der Waals surface area (Å²) < 4.78 is 12.7. The fourth-order valence-corrected chi connectivity index (χ4v) is 4.44. The number of hydrogen-bond acceptors (Lipinski definition) is 4. The molecule has 0 aliphatic heterocycles. The van der Waals surface area contributed by atoms with Gasteiger partial charge in [0.1, 0.15) is 18.4 Å². The zero-order chi connectivity index (χ0) is 26.2. The molecule has 4 aromatic rings. The maximum Gasteiger partial charge on any atom is 0.328 e. The second-order valence-corrected chi connectivity index (χ2v) is 10.2. The highest BCUT2D eigenvalue weighted by Gasteiger charge is 2.24. The van der Waals surface area contributed by atoms with Crippen LogP contribution in [0, 0.1) is 0 Å². The lowest BCUT2D eigenvalue weighted by Gasteiger charge is -2.18. The van der Waals surface area contributed by atoms with E-state index in [1.807, 2.05) is 78.9 Å². The van der Waals surface area contributed by atoms with E-state index >= 15 is 0 Å². The van der Waals surface area contributed by atoms with Gasteiger partial charge in [0.25, 0.3) is 5.91 Å². The van der Waals surface area contributed by atoms with Crippen LogP contribution >= 0.6 is 31.9 Å². The van der Waals surface area contributed by atoms with E-state index in [0.717, 1.165) is 31.2 Å². The third-order valence-electron chi connectivity index (χ3n) is 5.79. The normalized spacial score (nSPS) is 11.4. The summed E-state index contributed by atoms with van der Waals surface area (Å²) in [6.45, 7) is 0.295. The van der Waals surface area contributed by atoms with E-state index in [9.17, 15) is 9.59 Å². The Balaban J connectivity index is 1.49. The number of nitrogens with one attached hydrogen (secondary N) is 1. The Morgan fingerprint density at radius 1 is 0.784 bits per heavy atom. The van der Waals surface area contributed by atoms with E-state index in [1.54, 1.807) is 18.2 Å². The second kappa shape index (κ2) is 12.7. The van der Waals surface area contributed by atoms with E-state index in [-0.39, 0.29) is 6.42 Å². The molecule has 0 aromatic heterocycles. The minimum Gasteiger partial charge on any atom is -0.488 e. The van der Waals surface area contributed by atoms with E-state index < -0.39 is 17.9 Å². The van der Waals surface area contributed by atoms with Gasteiger partial charge in [-0.2, -0.15) is 0 Å². The Labute approximate surface area is 233 Å². The molecule has 4 rings (SSSR count). The van der Waals surface area contributed by atoms with E-state index in [1.165, 1.54) is 7.11 Å². The number of rotatable bonds is 9. The number of methoxy groups -OCH3 is 1. The monoisotopic (exact) mass is 621 g/mol. The zero-order valence-corrected chi connectivity index (χ0v) is 23.3. The molecule has 7 heteroatoms. The Morgan fingerprint density at radius 3 is 2.08 bits per heavy atom. The first kappa shape index (κ1) is 26.6. The minimum atomic E-state index is -0.863. The molecule has 0 spiro atoms. The Morgan fingerprint density at radius 2 is 1.41 bits per heavy atom. The molecule has 188 valence electrons. The summed E-state index contributed by atoms with van der Waals surface area (Å²) in [5.41, 5.74) is 4.36. The van der Waals surface area contributed by atoms with Gasteiger partial charge in [-0.15, -0.1) is 0 Å². The summed E-state index contributed by atoms with van der Waals surface area (Å²) in [5, 5.41) is 2.83. The van der Waals surface area contributed by atoms with Crippen LogP contribution in [0.25, 0.3) is 11.1 Å². The minimum absolute atomic E-state index is 0.288. The van der Waals surface area contributed by atoms with Crippen LogP contribution in [0.2, 0.25) is 0 Å². The van der Waals surface area contributed by atoms with Crippen molar-refractivity contribution in [3.05, 3.63) is 123 Å². The standard InChI is InChI=1S/C30H25Br2NO4/c1-36-30(35)27(17-20-7-11-23(12-8-20)22-5-3-2-4-6-22)33-29(34)26-18-25(32)15-16-28(26)37-19-21-9-13-24(31)14-10-21/h2-16,18,27H,17,19H2,1H3,(H,33,34). The highest BCUT2D eigenvalue weighted by atomic mass is 79.9. The topological polar surface area (TPSA) is 64.6 Å². The van der Waals surface area contributed by atoms with Crippen LogP contribution in [-0.2, 0) is 22.6 Å². The van der Waals surface area contributed by atoms with Crippen molar-refractivity contribution >= 4 is 43.7 Å². The van der Waals surface area contributed by atoms with Gasteiger partial charge >= 0.3 is 5.97 Å². The summed E-state index contributed by atoms with van der Waals surface area (Å²) >= 11 is 6.85. The first-order valence-electron chi connectivity index (χ1n) is 11.6. The lowest BCUT2D eigenvalue weighted by atomic mass is 10.0. The molecule has 0 aliphatic rings. The van der Waals surface area contributed by atoms with Crippen molar-refractivity contribution in [2.45, 2.75) is 19.1 Å². The lowest BCUT2D eigenvalue weighted by molar-refractivity contribution is -0.142. The molecule has 37 heavy (non-hydrogen) atoms. The molecule has 0 bridgehead atoms. The van der Waals surface area contributed by atoms with Gasteiger partial charge in [-0.3, -0.25) is 4.79 Å². The quantitative estimate of drug-likeness (QED) is 0.205. The fourth-order valence-electron chi connectivity index (χ4n) is 3.82. The first-order valence-corrected chi connectivity index (χ1v) is 13.2. The average Bonchev–Trinajstić information content (AvgIpc) is 2.93. The summed E-state index contributed by atoms with van der Waals surface area (Å²) in [4.78, 5) is 25.9. The van der Waals surface area contributed by atoms with Crippen molar-refractivity contribution in [2.24, 2.45) is 0 Å². The Kier molecular flexibility index (Phi) is 9.14.